The minimum Gasteiger partial charge on any atom is -0.305 e. The minimum atomic E-state index is -4.45. The van der Waals surface area contributed by atoms with E-state index < -0.39 is 23.6 Å². The van der Waals surface area contributed by atoms with Crippen molar-refractivity contribution in [3.05, 3.63) is 66.0 Å². The lowest BCUT2D eigenvalue weighted by Gasteiger charge is -2.32. The smallest absolute Gasteiger partial charge is 0.305 e. The molecule has 0 radical (unpaired) electrons. The molecule has 1 aromatic carbocycles. The maximum atomic E-state index is 13.5. The standard InChI is InChI=1S/C19H14F4N4O/c1-11-10-26(14-4-2-13(3-5-14)19(21,22)23)18(28)17-15(9-25-27(11)17)12-6-7-24-16(20)8-12/h2-9,11H,10H2,1H3/t11-/m0/s1. The Balaban J connectivity index is 1.75. The fourth-order valence-corrected chi connectivity index (χ4v) is 3.30. The van der Waals surface area contributed by atoms with Gasteiger partial charge in [-0.1, -0.05) is 0 Å². The van der Waals surface area contributed by atoms with Crippen LogP contribution < -0.4 is 4.90 Å². The second-order valence-electron chi connectivity index (χ2n) is 6.53. The molecule has 3 aromatic rings. The van der Waals surface area contributed by atoms with E-state index in [-0.39, 0.29) is 18.3 Å². The maximum absolute atomic E-state index is 13.5. The Hall–Kier alpha value is -3.23. The number of aromatic nitrogens is 3. The van der Waals surface area contributed by atoms with Crippen molar-refractivity contribution < 1.29 is 22.4 Å². The lowest BCUT2D eigenvalue weighted by atomic mass is 10.0. The van der Waals surface area contributed by atoms with Gasteiger partial charge < -0.3 is 4.90 Å². The molecule has 1 aliphatic heterocycles. The molecule has 1 atom stereocenters. The number of alkyl halides is 3. The van der Waals surface area contributed by atoms with E-state index in [9.17, 15) is 22.4 Å². The third kappa shape index (κ3) is 3.02. The molecule has 4 rings (SSSR count). The number of fused-ring (bicyclic) bond motifs is 1. The van der Waals surface area contributed by atoms with Crippen LogP contribution in [0.2, 0.25) is 0 Å². The number of hydrogen-bond donors (Lipinski definition) is 0. The van der Waals surface area contributed by atoms with Crippen LogP contribution in [0.1, 0.15) is 29.0 Å². The van der Waals surface area contributed by atoms with Crippen LogP contribution >= 0.6 is 0 Å². The third-order valence-corrected chi connectivity index (χ3v) is 4.65. The molecular formula is C19H14F4N4O. The van der Waals surface area contributed by atoms with Gasteiger partial charge in [-0.05, 0) is 42.8 Å². The second-order valence-corrected chi connectivity index (χ2v) is 6.53. The van der Waals surface area contributed by atoms with E-state index in [1.807, 2.05) is 6.92 Å². The monoisotopic (exact) mass is 390 g/mol. The topological polar surface area (TPSA) is 51.0 Å². The molecule has 0 N–H and O–H groups in total. The zero-order chi connectivity index (χ0) is 20.1. The summed E-state index contributed by atoms with van der Waals surface area (Å²) in [7, 11) is 0. The van der Waals surface area contributed by atoms with E-state index in [0.717, 1.165) is 12.1 Å². The zero-order valence-corrected chi connectivity index (χ0v) is 14.6. The number of carbonyl (C=O) groups excluding carboxylic acids is 1. The number of pyridine rings is 1. The summed E-state index contributed by atoms with van der Waals surface area (Å²) >= 11 is 0. The number of carbonyl (C=O) groups is 1. The lowest BCUT2D eigenvalue weighted by Crippen LogP contribution is -2.42. The van der Waals surface area contributed by atoms with Crippen molar-refractivity contribution in [2.24, 2.45) is 0 Å². The molecule has 0 bridgehead atoms. The van der Waals surface area contributed by atoms with E-state index >= 15 is 0 Å². The predicted molar refractivity (Wildman–Crippen MR) is 93.2 cm³/mol. The molecule has 28 heavy (non-hydrogen) atoms. The molecule has 5 nitrogen and oxygen atoms in total. The van der Waals surface area contributed by atoms with Gasteiger partial charge >= 0.3 is 6.18 Å². The summed E-state index contributed by atoms with van der Waals surface area (Å²) in [5.41, 5.74) is 0.707. The van der Waals surface area contributed by atoms with Crippen LogP contribution in [-0.4, -0.2) is 27.2 Å². The van der Waals surface area contributed by atoms with E-state index in [0.29, 0.717) is 16.8 Å². The van der Waals surface area contributed by atoms with Crippen molar-refractivity contribution in [2.75, 3.05) is 11.4 Å². The van der Waals surface area contributed by atoms with Gasteiger partial charge in [0.2, 0.25) is 5.95 Å². The highest BCUT2D eigenvalue weighted by Crippen LogP contribution is 2.34. The first-order chi connectivity index (χ1) is 13.3. The van der Waals surface area contributed by atoms with E-state index in [1.54, 1.807) is 10.7 Å². The molecular weight excluding hydrogens is 376 g/mol. The Kier molecular flexibility index (Phi) is 4.17. The molecule has 0 unspecified atom stereocenters. The average molecular weight is 390 g/mol. The molecule has 0 aliphatic carbocycles. The summed E-state index contributed by atoms with van der Waals surface area (Å²) in [6, 6.07) is 6.98. The molecule has 1 amide bonds. The Morgan fingerprint density at radius 2 is 1.86 bits per heavy atom. The van der Waals surface area contributed by atoms with Gasteiger partial charge in [-0.25, -0.2) is 4.98 Å². The Labute approximate surface area is 157 Å². The van der Waals surface area contributed by atoms with Gasteiger partial charge in [-0.15, -0.1) is 0 Å². The van der Waals surface area contributed by atoms with Crippen molar-refractivity contribution in [1.29, 1.82) is 0 Å². The molecule has 2 aromatic heterocycles. The number of anilines is 1. The first-order valence-electron chi connectivity index (χ1n) is 8.44. The fraction of sp³-hybridized carbons (Fsp3) is 0.211. The molecule has 144 valence electrons. The van der Waals surface area contributed by atoms with Gasteiger partial charge in [0.1, 0.15) is 5.69 Å². The SMILES string of the molecule is C[C@H]1CN(c2ccc(C(F)(F)F)cc2)C(=O)c2c(-c3ccnc(F)c3)cnn21. The predicted octanol–water partition coefficient (Wildman–Crippen LogP) is 4.32. The number of benzene rings is 1. The van der Waals surface area contributed by atoms with E-state index in [4.69, 9.17) is 0 Å². The van der Waals surface area contributed by atoms with Crippen molar-refractivity contribution in [3.63, 3.8) is 0 Å². The number of hydrogen-bond acceptors (Lipinski definition) is 3. The normalized spacial score (nSPS) is 17.0. The molecule has 0 spiro atoms. The number of rotatable bonds is 2. The van der Waals surface area contributed by atoms with E-state index in [2.05, 4.69) is 10.1 Å². The highest BCUT2D eigenvalue weighted by Gasteiger charge is 2.35. The van der Waals surface area contributed by atoms with Crippen molar-refractivity contribution >= 4 is 11.6 Å². The van der Waals surface area contributed by atoms with Gasteiger partial charge in [0.25, 0.3) is 5.91 Å². The number of nitrogens with zero attached hydrogens (tertiary/aromatic N) is 4. The Morgan fingerprint density at radius 3 is 2.50 bits per heavy atom. The summed E-state index contributed by atoms with van der Waals surface area (Å²) in [4.78, 5) is 18.0. The van der Waals surface area contributed by atoms with Crippen LogP contribution in [0.15, 0.2) is 48.8 Å². The largest absolute Gasteiger partial charge is 0.416 e. The van der Waals surface area contributed by atoms with Gasteiger partial charge in [-0.3, -0.25) is 9.48 Å². The Morgan fingerprint density at radius 1 is 1.14 bits per heavy atom. The van der Waals surface area contributed by atoms with Crippen LogP contribution in [0.5, 0.6) is 0 Å². The lowest BCUT2D eigenvalue weighted by molar-refractivity contribution is -0.137. The molecule has 0 saturated carbocycles. The molecule has 1 aliphatic rings. The average Bonchev–Trinajstić information content (AvgIpc) is 3.10. The van der Waals surface area contributed by atoms with Crippen LogP contribution in [0.25, 0.3) is 11.1 Å². The first-order valence-corrected chi connectivity index (χ1v) is 8.44. The third-order valence-electron chi connectivity index (χ3n) is 4.65. The van der Waals surface area contributed by atoms with Crippen molar-refractivity contribution in [1.82, 2.24) is 14.8 Å². The number of halogens is 4. The van der Waals surface area contributed by atoms with Gasteiger partial charge in [-0.2, -0.15) is 22.7 Å². The van der Waals surface area contributed by atoms with Crippen molar-refractivity contribution in [2.45, 2.75) is 19.1 Å². The molecule has 9 heteroatoms. The minimum absolute atomic E-state index is 0.213. The fourth-order valence-electron chi connectivity index (χ4n) is 3.30. The summed E-state index contributed by atoms with van der Waals surface area (Å²) < 4.78 is 53.5. The molecule has 3 heterocycles. The van der Waals surface area contributed by atoms with Crippen LogP contribution in [0, 0.1) is 5.95 Å². The van der Waals surface area contributed by atoms with Gasteiger partial charge in [0.15, 0.2) is 0 Å². The Bertz CT molecular complexity index is 1040. The highest BCUT2D eigenvalue weighted by atomic mass is 19.4. The van der Waals surface area contributed by atoms with Crippen LogP contribution in [0.3, 0.4) is 0 Å². The summed E-state index contributed by atoms with van der Waals surface area (Å²) in [5, 5.41) is 4.25. The highest BCUT2D eigenvalue weighted by molar-refractivity contribution is 6.09. The van der Waals surface area contributed by atoms with Crippen LogP contribution in [0.4, 0.5) is 23.2 Å². The molecule has 0 saturated heterocycles. The quantitative estimate of drug-likeness (QED) is 0.484. The summed E-state index contributed by atoms with van der Waals surface area (Å²) in [6.07, 6.45) is -1.68. The zero-order valence-electron chi connectivity index (χ0n) is 14.6. The van der Waals surface area contributed by atoms with Crippen LogP contribution in [-0.2, 0) is 6.18 Å². The van der Waals surface area contributed by atoms with Gasteiger partial charge in [0.05, 0.1) is 17.8 Å². The second kappa shape index (κ2) is 6.43. The summed E-state index contributed by atoms with van der Waals surface area (Å²) in [5.74, 6) is -1.10. The van der Waals surface area contributed by atoms with E-state index in [1.165, 1.54) is 35.5 Å². The van der Waals surface area contributed by atoms with Crippen molar-refractivity contribution in [3.8, 4) is 11.1 Å². The van der Waals surface area contributed by atoms with Gasteiger partial charge in [0, 0.05) is 30.1 Å². The first kappa shape index (κ1) is 18.1. The molecule has 0 fully saturated rings. The number of amides is 1. The maximum Gasteiger partial charge on any atom is 0.416 e. The summed E-state index contributed by atoms with van der Waals surface area (Å²) in [6.45, 7) is 2.10.